The number of aromatic hydroxyl groups is 1. The topological polar surface area (TPSA) is 78.0 Å². The molecule has 0 fully saturated rings. The van der Waals surface area contributed by atoms with Crippen LogP contribution in [0.1, 0.15) is 22.9 Å². The second-order valence-corrected chi connectivity index (χ2v) is 10.9. The molecule has 5 aromatic rings. The first kappa shape index (κ1) is 24.6. The highest BCUT2D eigenvalue weighted by Crippen LogP contribution is 2.50. The monoisotopic (exact) mass is 608 g/mol. The van der Waals surface area contributed by atoms with Gasteiger partial charge < -0.3 is 15.3 Å². The van der Waals surface area contributed by atoms with Gasteiger partial charge in [-0.1, -0.05) is 57.9 Å². The Kier molecular flexibility index (Phi) is 5.95. The number of aryl methyl sites for hydroxylation is 1. The first-order chi connectivity index (χ1) is 19.5. The Hall–Kier alpha value is -4.40. The number of phenolic OH excluding ortho intramolecular Hbond substituents is 1. The molecule has 0 aliphatic carbocycles. The number of amidine groups is 2. The zero-order valence-corrected chi connectivity index (χ0v) is 23.6. The number of para-hydroxylation sites is 3. The van der Waals surface area contributed by atoms with Gasteiger partial charge in [-0.05, 0) is 73.7 Å². The molecule has 0 saturated carbocycles. The Balaban J connectivity index is 1.52. The molecule has 40 heavy (non-hydrogen) atoms. The standard InChI is InChI=1S/C31H22BrClN6O/c1-18-27-28(23-17-19(32)11-16-26(23)40)38-25-10-6-5-9-24(25)35-29(34-21-14-12-20(33)13-15-21)31(38)36-30(27)39(37-18)22-7-3-2-4-8-22/h2-17,28,40H,1H3,(H,34,35)/t28-/m1/s1. The van der Waals surface area contributed by atoms with Crippen LogP contribution in [-0.2, 0) is 0 Å². The molecule has 1 aromatic heterocycles. The molecule has 0 bridgehead atoms. The van der Waals surface area contributed by atoms with Crippen LogP contribution in [0.3, 0.4) is 0 Å². The number of hydrogen-bond acceptors (Lipinski definition) is 6. The zero-order chi connectivity index (χ0) is 27.4. The summed E-state index contributed by atoms with van der Waals surface area (Å²) in [5.41, 5.74) is 5.83. The molecule has 2 N–H and O–H groups in total. The fourth-order valence-corrected chi connectivity index (χ4v) is 5.76. The van der Waals surface area contributed by atoms with Crippen LogP contribution in [0.5, 0.6) is 5.75 Å². The van der Waals surface area contributed by atoms with Crippen LogP contribution in [0.2, 0.25) is 5.02 Å². The fourth-order valence-electron chi connectivity index (χ4n) is 5.26. The smallest absolute Gasteiger partial charge is 0.179 e. The summed E-state index contributed by atoms with van der Waals surface area (Å²) in [6.45, 7) is 1.98. The lowest BCUT2D eigenvalue weighted by molar-refractivity contribution is 0.465. The third kappa shape index (κ3) is 4.08. The van der Waals surface area contributed by atoms with Crippen molar-refractivity contribution in [3.8, 4) is 11.4 Å². The Morgan fingerprint density at radius 3 is 2.45 bits per heavy atom. The molecule has 2 aliphatic rings. The van der Waals surface area contributed by atoms with E-state index in [9.17, 15) is 5.11 Å². The van der Waals surface area contributed by atoms with Gasteiger partial charge in [0.25, 0.3) is 0 Å². The third-order valence-corrected chi connectivity index (χ3v) is 7.78. The van der Waals surface area contributed by atoms with Crippen LogP contribution in [0.15, 0.2) is 112 Å². The van der Waals surface area contributed by atoms with Crippen molar-refractivity contribution in [2.24, 2.45) is 9.98 Å². The highest BCUT2D eigenvalue weighted by atomic mass is 79.9. The molecule has 7 rings (SSSR count). The number of hydrogen-bond donors (Lipinski definition) is 2. The molecule has 7 nitrogen and oxygen atoms in total. The van der Waals surface area contributed by atoms with Crippen molar-refractivity contribution in [1.82, 2.24) is 9.78 Å². The molecule has 0 unspecified atom stereocenters. The van der Waals surface area contributed by atoms with Gasteiger partial charge in [0.15, 0.2) is 17.5 Å². The minimum Gasteiger partial charge on any atom is -0.508 e. The van der Waals surface area contributed by atoms with Gasteiger partial charge >= 0.3 is 0 Å². The van der Waals surface area contributed by atoms with E-state index in [1.165, 1.54) is 0 Å². The summed E-state index contributed by atoms with van der Waals surface area (Å²) in [6, 6.07) is 30.4. The van der Waals surface area contributed by atoms with Crippen LogP contribution in [-0.4, -0.2) is 26.6 Å². The van der Waals surface area contributed by atoms with Gasteiger partial charge in [0.2, 0.25) is 0 Å². The van der Waals surface area contributed by atoms with Gasteiger partial charge in [0.05, 0.1) is 28.8 Å². The van der Waals surface area contributed by atoms with E-state index in [1.807, 2.05) is 103 Å². The first-order valence-corrected chi connectivity index (χ1v) is 13.9. The lowest BCUT2D eigenvalue weighted by atomic mass is 9.92. The largest absolute Gasteiger partial charge is 0.508 e. The molecule has 2 aliphatic heterocycles. The third-order valence-electron chi connectivity index (χ3n) is 7.03. The summed E-state index contributed by atoms with van der Waals surface area (Å²) in [4.78, 5) is 12.3. The van der Waals surface area contributed by atoms with Crippen LogP contribution in [0, 0.1) is 6.92 Å². The highest BCUT2D eigenvalue weighted by Gasteiger charge is 2.42. The maximum atomic E-state index is 11.2. The highest BCUT2D eigenvalue weighted by molar-refractivity contribution is 9.10. The maximum absolute atomic E-state index is 11.2. The molecule has 4 aromatic carbocycles. The zero-order valence-electron chi connectivity index (χ0n) is 21.3. The summed E-state index contributed by atoms with van der Waals surface area (Å²) in [7, 11) is 0. The number of fused-ring (bicyclic) bond motifs is 4. The van der Waals surface area contributed by atoms with E-state index in [0.29, 0.717) is 22.5 Å². The maximum Gasteiger partial charge on any atom is 0.179 e. The first-order valence-electron chi connectivity index (χ1n) is 12.7. The van der Waals surface area contributed by atoms with Crippen molar-refractivity contribution in [3.63, 3.8) is 0 Å². The predicted molar refractivity (Wildman–Crippen MR) is 164 cm³/mol. The number of aliphatic imine (C=N–C) groups is 2. The molecular weight excluding hydrogens is 588 g/mol. The Morgan fingerprint density at radius 1 is 0.900 bits per heavy atom. The lowest BCUT2D eigenvalue weighted by Gasteiger charge is -2.40. The van der Waals surface area contributed by atoms with E-state index in [2.05, 4.69) is 26.1 Å². The normalized spacial score (nSPS) is 15.5. The van der Waals surface area contributed by atoms with Crippen molar-refractivity contribution in [2.75, 3.05) is 10.2 Å². The molecule has 0 amide bonds. The molecular formula is C31H22BrClN6O. The van der Waals surface area contributed by atoms with Crippen molar-refractivity contribution in [2.45, 2.75) is 13.0 Å². The molecule has 196 valence electrons. The van der Waals surface area contributed by atoms with E-state index in [1.54, 1.807) is 6.07 Å². The Morgan fingerprint density at radius 2 is 1.65 bits per heavy atom. The van der Waals surface area contributed by atoms with E-state index in [0.717, 1.165) is 44.0 Å². The van der Waals surface area contributed by atoms with Crippen LogP contribution in [0.4, 0.5) is 22.9 Å². The molecule has 9 heteroatoms. The number of aromatic nitrogens is 2. The number of phenols is 1. The minimum absolute atomic E-state index is 0.180. The van der Waals surface area contributed by atoms with Gasteiger partial charge in [-0.15, -0.1) is 0 Å². The second-order valence-electron chi connectivity index (χ2n) is 9.56. The van der Waals surface area contributed by atoms with Crippen LogP contribution < -0.4 is 10.2 Å². The number of halogens is 2. The second kappa shape index (κ2) is 9.66. The van der Waals surface area contributed by atoms with E-state index in [-0.39, 0.29) is 5.75 Å². The van der Waals surface area contributed by atoms with E-state index >= 15 is 0 Å². The number of nitrogens with zero attached hydrogens (tertiary/aromatic N) is 5. The Labute approximate surface area is 244 Å². The number of benzene rings is 4. The van der Waals surface area contributed by atoms with E-state index < -0.39 is 6.04 Å². The van der Waals surface area contributed by atoms with Gasteiger partial charge in [-0.25, -0.2) is 14.7 Å². The predicted octanol–water partition coefficient (Wildman–Crippen LogP) is 8.10. The summed E-state index contributed by atoms with van der Waals surface area (Å²) < 4.78 is 2.72. The van der Waals surface area contributed by atoms with Gasteiger partial charge in [-0.3, -0.25) is 0 Å². The van der Waals surface area contributed by atoms with Crippen molar-refractivity contribution in [3.05, 3.63) is 123 Å². The number of rotatable bonds is 3. The average molecular weight is 610 g/mol. The summed E-state index contributed by atoms with van der Waals surface area (Å²) in [5.74, 6) is 2.05. The van der Waals surface area contributed by atoms with Crippen molar-refractivity contribution < 1.29 is 5.11 Å². The average Bonchev–Trinajstić information content (AvgIpc) is 3.31. The molecule has 0 spiro atoms. The molecule has 3 heterocycles. The fraction of sp³-hybridized carbons (Fsp3) is 0.0645. The quantitative estimate of drug-likeness (QED) is 0.217. The van der Waals surface area contributed by atoms with Crippen LogP contribution >= 0.6 is 27.5 Å². The van der Waals surface area contributed by atoms with Crippen LogP contribution in [0.25, 0.3) is 5.69 Å². The summed E-state index contributed by atoms with van der Waals surface area (Å²) in [5, 5.41) is 20.3. The lowest BCUT2D eigenvalue weighted by Crippen LogP contribution is -2.46. The minimum atomic E-state index is -0.434. The van der Waals surface area contributed by atoms with Gasteiger partial charge in [0.1, 0.15) is 5.75 Å². The molecule has 0 radical (unpaired) electrons. The van der Waals surface area contributed by atoms with Gasteiger partial charge in [-0.2, -0.15) is 5.10 Å². The molecule has 1 atom stereocenters. The van der Waals surface area contributed by atoms with Gasteiger partial charge in [0, 0.05) is 26.3 Å². The van der Waals surface area contributed by atoms with Crippen molar-refractivity contribution >= 4 is 62.1 Å². The summed E-state index contributed by atoms with van der Waals surface area (Å²) >= 11 is 9.77. The summed E-state index contributed by atoms with van der Waals surface area (Å²) in [6.07, 6.45) is 0. The van der Waals surface area contributed by atoms with E-state index in [4.69, 9.17) is 26.7 Å². The number of nitrogens with one attached hydrogen (secondary N) is 1. The number of anilines is 2. The Bertz CT molecular complexity index is 1830. The van der Waals surface area contributed by atoms with Crippen molar-refractivity contribution in [1.29, 1.82) is 0 Å². The SMILES string of the molecule is Cc1nn(-c2ccccc2)c2c1[C@@H](c1cc(Br)ccc1O)N1C(=N2)C(Nc2ccc(Cl)cc2)=Nc2ccccc21. The molecule has 0 saturated heterocycles.